The van der Waals surface area contributed by atoms with E-state index in [2.05, 4.69) is 18.3 Å². The van der Waals surface area contributed by atoms with E-state index in [0.717, 1.165) is 29.2 Å². The molecule has 2 saturated carbocycles. The average Bonchev–Trinajstić information content (AvgIpc) is 3.11. The minimum atomic E-state index is -0.748. The summed E-state index contributed by atoms with van der Waals surface area (Å²) in [6, 6.07) is 4.58. The highest BCUT2D eigenvalue weighted by molar-refractivity contribution is 7.12. The fourth-order valence-electron chi connectivity index (χ4n) is 4.08. The van der Waals surface area contributed by atoms with Gasteiger partial charge in [0.25, 0.3) is 0 Å². The van der Waals surface area contributed by atoms with Crippen molar-refractivity contribution in [3.8, 4) is 0 Å². The Bertz CT molecular complexity index is 485. The van der Waals surface area contributed by atoms with Crippen LogP contribution in [0.3, 0.4) is 0 Å². The van der Waals surface area contributed by atoms with Crippen LogP contribution in [0.25, 0.3) is 0 Å². The summed E-state index contributed by atoms with van der Waals surface area (Å²) < 4.78 is 0. The van der Waals surface area contributed by atoms with Crippen LogP contribution in [0.2, 0.25) is 0 Å². The van der Waals surface area contributed by atoms with Gasteiger partial charge in [-0.05, 0) is 56.1 Å². The number of hydrogen-bond acceptors (Lipinski definition) is 3. The van der Waals surface area contributed by atoms with Crippen molar-refractivity contribution in [2.75, 3.05) is 0 Å². The summed E-state index contributed by atoms with van der Waals surface area (Å²) in [6.45, 7) is 3.19. The second-order valence-corrected chi connectivity index (χ2v) is 7.70. The fraction of sp³-hybridized carbons (Fsp3) is 0.688. The van der Waals surface area contributed by atoms with E-state index < -0.39 is 5.97 Å². The van der Waals surface area contributed by atoms with Crippen molar-refractivity contribution in [3.63, 3.8) is 0 Å². The van der Waals surface area contributed by atoms with Gasteiger partial charge in [0.05, 0.1) is 6.42 Å². The number of hydrogen-bond donors (Lipinski definition) is 2. The van der Waals surface area contributed by atoms with E-state index in [-0.39, 0.29) is 6.42 Å². The largest absolute Gasteiger partial charge is 0.481 e. The van der Waals surface area contributed by atoms with Crippen LogP contribution in [-0.2, 0) is 17.8 Å². The second kappa shape index (κ2) is 5.86. The lowest BCUT2D eigenvalue weighted by atomic mass is 9.84. The van der Waals surface area contributed by atoms with Gasteiger partial charge >= 0.3 is 5.97 Å². The lowest BCUT2D eigenvalue weighted by Crippen LogP contribution is -2.35. The summed E-state index contributed by atoms with van der Waals surface area (Å²) in [7, 11) is 0. The van der Waals surface area contributed by atoms with Crippen LogP contribution in [0.1, 0.15) is 42.4 Å². The van der Waals surface area contributed by atoms with Crippen molar-refractivity contribution in [2.24, 2.45) is 17.8 Å². The van der Waals surface area contributed by atoms with E-state index in [1.165, 1.54) is 30.6 Å². The van der Waals surface area contributed by atoms with Crippen LogP contribution in [0.15, 0.2) is 12.1 Å². The lowest BCUT2D eigenvalue weighted by molar-refractivity contribution is -0.136. The third-order valence-electron chi connectivity index (χ3n) is 5.08. The third-order valence-corrected chi connectivity index (χ3v) is 6.16. The molecule has 0 aromatic carbocycles. The predicted octanol–water partition coefficient (Wildman–Crippen LogP) is 3.29. The summed E-state index contributed by atoms with van der Waals surface area (Å²) in [5.74, 6) is 2.06. The zero-order valence-corrected chi connectivity index (χ0v) is 12.8. The maximum Gasteiger partial charge on any atom is 0.308 e. The molecule has 1 aromatic heterocycles. The normalized spacial score (nSPS) is 29.8. The molecule has 0 amide bonds. The molecule has 4 heteroatoms. The lowest BCUT2D eigenvalue weighted by Gasteiger charge is -2.28. The molecule has 2 fully saturated rings. The number of rotatable bonds is 6. The fourth-order valence-corrected chi connectivity index (χ4v) is 5.04. The molecule has 1 heterocycles. The van der Waals surface area contributed by atoms with Gasteiger partial charge in [-0.3, -0.25) is 4.79 Å². The van der Waals surface area contributed by atoms with Crippen LogP contribution < -0.4 is 5.32 Å². The van der Waals surface area contributed by atoms with Crippen molar-refractivity contribution in [2.45, 2.75) is 51.6 Å². The summed E-state index contributed by atoms with van der Waals surface area (Å²) in [5.41, 5.74) is 0. The smallest absolute Gasteiger partial charge is 0.308 e. The van der Waals surface area contributed by atoms with Gasteiger partial charge in [0.1, 0.15) is 0 Å². The highest BCUT2D eigenvalue weighted by atomic mass is 32.1. The number of fused-ring (bicyclic) bond motifs is 2. The van der Waals surface area contributed by atoms with Crippen LogP contribution in [0, 0.1) is 17.8 Å². The zero-order valence-electron chi connectivity index (χ0n) is 12.0. The van der Waals surface area contributed by atoms with E-state index in [4.69, 9.17) is 5.11 Å². The maximum absolute atomic E-state index is 10.7. The number of aliphatic carboxylic acids is 1. The van der Waals surface area contributed by atoms with Crippen LogP contribution in [-0.4, -0.2) is 17.1 Å². The number of thiophene rings is 1. The van der Waals surface area contributed by atoms with Crippen molar-refractivity contribution in [1.29, 1.82) is 0 Å². The molecule has 1 aromatic rings. The molecule has 20 heavy (non-hydrogen) atoms. The molecule has 0 radical (unpaired) electrons. The number of nitrogens with one attached hydrogen (secondary N) is 1. The van der Waals surface area contributed by atoms with Crippen molar-refractivity contribution >= 4 is 17.3 Å². The zero-order chi connectivity index (χ0) is 14.1. The first-order chi connectivity index (χ1) is 9.61. The molecule has 3 rings (SSSR count). The van der Waals surface area contributed by atoms with Crippen molar-refractivity contribution in [3.05, 3.63) is 21.9 Å². The molecule has 4 atom stereocenters. The molecule has 2 N–H and O–H groups in total. The minimum Gasteiger partial charge on any atom is -0.481 e. The molecule has 2 aliphatic rings. The Morgan fingerprint density at radius 3 is 2.85 bits per heavy atom. The second-order valence-electron chi connectivity index (χ2n) is 6.45. The highest BCUT2D eigenvalue weighted by Gasteiger charge is 2.41. The molecule has 2 aliphatic carbocycles. The first-order valence-corrected chi connectivity index (χ1v) is 8.46. The predicted molar refractivity (Wildman–Crippen MR) is 80.9 cm³/mol. The average molecular weight is 293 g/mol. The third kappa shape index (κ3) is 3.07. The van der Waals surface area contributed by atoms with Gasteiger partial charge in [-0.1, -0.05) is 6.42 Å². The molecule has 0 saturated heterocycles. The van der Waals surface area contributed by atoms with Crippen molar-refractivity contribution < 1.29 is 9.90 Å². The standard InChI is InChI=1S/C16H23NO2S/c1-10(15-7-11-2-3-12(15)6-11)17-9-14-5-4-13(20-14)8-16(18)19/h4-5,10-12,15,17H,2-3,6-9H2,1H3,(H,18,19). The Hall–Kier alpha value is -0.870. The Labute approximate surface area is 124 Å². The van der Waals surface area contributed by atoms with Crippen LogP contribution in [0.5, 0.6) is 0 Å². The minimum absolute atomic E-state index is 0.145. The first-order valence-electron chi connectivity index (χ1n) is 7.64. The van der Waals surface area contributed by atoms with E-state index in [1.807, 2.05) is 6.07 Å². The molecule has 0 aliphatic heterocycles. The molecule has 2 bridgehead atoms. The number of carboxylic acid groups (broad SMARTS) is 1. The van der Waals surface area contributed by atoms with Gasteiger partial charge in [0.2, 0.25) is 0 Å². The van der Waals surface area contributed by atoms with Gasteiger partial charge in [0.15, 0.2) is 0 Å². The first kappa shape index (κ1) is 14.1. The van der Waals surface area contributed by atoms with Gasteiger partial charge in [-0.2, -0.15) is 0 Å². The van der Waals surface area contributed by atoms with E-state index in [9.17, 15) is 4.79 Å². The summed E-state index contributed by atoms with van der Waals surface area (Å²) in [5, 5.41) is 12.4. The quantitative estimate of drug-likeness (QED) is 0.846. The Morgan fingerprint density at radius 1 is 1.40 bits per heavy atom. The van der Waals surface area contributed by atoms with E-state index >= 15 is 0 Å². The Kier molecular flexibility index (Phi) is 4.13. The molecule has 4 unspecified atom stereocenters. The Morgan fingerprint density at radius 2 is 2.20 bits per heavy atom. The Balaban J connectivity index is 1.49. The molecule has 0 spiro atoms. The van der Waals surface area contributed by atoms with Gasteiger partial charge in [-0.15, -0.1) is 11.3 Å². The van der Waals surface area contributed by atoms with Gasteiger partial charge in [0, 0.05) is 22.3 Å². The maximum atomic E-state index is 10.7. The van der Waals surface area contributed by atoms with Crippen LogP contribution in [0.4, 0.5) is 0 Å². The summed E-state index contributed by atoms with van der Waals surface area (Å²) >= 11 is 1.62. The van der Waals surface area contributed by atoms with Gasteiger partial charge in [-0.25, -0.2) is 0 Å². The number of carbonyl (C=O) groups is 1. The van der Waals surface area contributed by atoms with Gasteiger partial charge < -0.3 is 10.4 Å². The topological polar surface area (TPSA) is 49.3 Å². The van der Waals surface area contributed by atoms with E-state index in [0.29, 0.717) is 6.04 Å². The molecule has 3 nitrogen and oxygen atoms in total. The monoisotopic (exact) mass is 293 g/mol. The number of carboxylic acids is 1. The molecule has 110 valence electrons. The summed E-state index contributed by atoms with van der Waals surface area (Å²) in [6.07, 6.45) is 5.90. The van der Waals surface area contributed by atoms with Crippen molar-refractivity contribution in [1.82, 2.24) is 5.32 Å². The molecular weight excluding hydrogens is 270 g/mol. The van der Waals surface area contributed by atoms with Crippen LogP contribution >= 0.6 is 11.3 Å². The van der Waals surface area contributed by atoms with E-state index in [1.54, 1.807) is 11.3 Å². The highest BCUT2D eigenvalue weighted by Crippen LogP contribution is 2.49. The molecular formula is C16H23NO2S. The summed E-state index contributed by atoms with van der Waals surface area (Å²) in [4.78, 5) is 12.9. The SMILES string of the molecule is CC(NCc1ccc(CC(=O)O)s1)C1CC2CCC1C2.